The van der Waals surface area contributed by atoms with Crippen molar-refractivity contribution in [2.75, 3.05) is 11.9 Å². The van der Waals surface area contributed by atoms with E-state index in [-0.39, 0.29) is 0 Å². The summed E-state index contributed by atoms with van der Waals surface area (Å²) in [5, 5.41) is 3.28. The standard InChI is InChI=1S/C12H21N3O/c1-5-7-9(3)13-12-14-10(4)8-11(15-12)16-6-2/h8-9H,5-7H2,1-4H3,(H,13,14,15). The van der Waals surface area contributed by atoms with Gasteiger partial charge in [0.25, 0.3) is 0 Å². The van der Waals surface area contributed by atoms with Crippen molar-refractivity contribution < 1.29 is 4.74 Å². The Bertz CT molecular complexity index is 328. The number of hydrogen-bond donors (Lipinski definition) is 1. The zero-order chi connectivity index (χ0) is 12.0. The molecule has 1 aromatic heterocycles. The summed E-state index contributed by atoms with van der Waals surface area (Å²) in [5.74, 6) is 1.30. The number of nitrogens with zero attached hydrogens (tertiary/aromatic N) is 2. The Labute approximate surface area is 97.5 Å². The minimum atomic E-state index is 0.390. The zero-order valence-electron chi connectivity index (χ0n) is 10.6. The second kappa shape index (κ2) is 6.30. The Hall–Kier alpha value is -1.32. The third-order valence-electron chi connectivity index (χ3n) is 2.22. The lowest BCUT2D eigenvalue weighted by atomic mass is 10.2. The van der Waals surface area contributed by atoms with Crippen LogP contribution in [0.1, 0.15) is 39.3 Å². The number of aromatic nitrogens is 2. The van der Waals surface area contributed by atoms with Crippen molar-refractivity contribution in [1.29, 1.82) is 0 Å². The average Bonchev–Trinajstić information content (AvgIpc) is 2.17. The molecule has 1 rings (SSSR count). The Balaban J connectivity index is 2.71. The van der Waals surface area contributed by atoms with E-state index in [0.29, 0.717) is 24.5 Å². The van der Waals surface area contributed by atoms with Crippen molar-refractivity contribution in [3.05, 3.63) is 11.8 Å². The van der Waals surface area contributed by atoms with E-state index in [1.165, 1.54) is 0 Å². The lowest BCUT2D eigenvalue weighted by Crippen LogP contribution is -2.17. The van der Waals surface area contributed by atoms with Crippen LogP contribution in [0.5, 0.6) is 5.88 Å². The van der Waals surface area contributed by atoms with Gasteiger partial charge >= 0.3 is 0 Å². The molecule has 0 amide bonds. The first-order valence-corrected chi connectivity index (χ1v) is 5.90. The first kappa shape index (κ1) is 12.7. The molecular weight excluding hydrogens is 202 g/mol. The normalized spacial score (nSPS) is 12.2. The summed E-state index contributed by atoms with van der Waals surface area (Å²) in [5.41, 5.74) is 0.921. The highest BCUT2D eigenvalue weighted by Gasteiger charge is 2.05. The molecule has 0 fully saturated rings. The van der Waals surface area contributed by atoms with Crippen LogP contribution in [0, 0.1) is 6.92 Å². The number of hydrogen-bond acceptors (Lipinski definition) is 4. The van der Waals surface area contributed by atoms with Crippen LogP contribution in [0.4, 0.5) is 5.95 Å². The van der Waals surface area contributed by atoms with Crippen LogP contribution >= 0.6 is 0 Å². The highest BCUT2D eigenvalue weighted by Crippen LogP contribution is 2.13. The fourth-order valence-corrected chi connectivity index (χ4v) is 1.55. The summed E-state index contributed by atoms with van der Waals surface area (Å²) < 4.78 is 5.38. The second-order valence-electron chi connectivity index (χ2n) is 3.94. The predicted molar refractivity (Wildman–Crippen MR) is 65.9 cm³/mol. The van der Waals surface area contributed by atoms with Gasteiger partial charge in [0, 0.05) is 17.8 Å². The summed E-state index contributed by atoms with van der Waals surface area (Å²) in [6.45, 7) is 8.82. The van der Waals surface area contributed by atoms with Gasteiger partial charge in [0.15, 0.2) is 0 Å². The van der Waals surface area contributed by atoms with Crippen LogP contribution in [0.2, 0.25) is 0 Å². The molecule has 1 unspecified atom stereocenters. The third kappa shape index (κ3) is 4.04. The monoisotopic (exact) mass is 223 g/mol. The zero-order valence-corrected chi connectivity index (χ0v) is 10.6. The molecule has 90 valence electrons. The molecule has 0 saturated carbocycles. The van der Waals surface area contributed by atoms with E-state index in [9.17, 15) is 0 Å². The van der Waals surface area contributed by atoms with Gasteiger partial charge in [-0.15, -0.1) is 0 Å². The van der Waals surface area contributed by atoms with E-state index >= 15 is 0 Å². The highest BCUT2D eigenvalue weighted by molar-refractivity contribution is 5.31. The van der Waals surface area contributed by atoms with Gasteiger partial charge in [0.2, 0.25) is 11.8 Å². The van der Waals surface area contributed by atoms with Gasteiger partial charge in [0.05, 0.1) is 6.61 Å². The molecule has 1 aromatic rings. The molecule has 0 spiro atoms. The molecule has 0 bridgehead atoms. The number of ether oxygens (including phenoxy) is 1. The van der Waals surface area contributed by atoms with Crippen molar-refractivity contribution in [2.45, 2.75) is 46.6 Å². The lowest BCUT2D eigenvalue weighted by Gasteiger charge is -2.13. The maximum Gasteiger partial charge on any atom is 0.226 e. The first-order chi connectivity index (χ1) is 7.65. The summed E-state index contributed by atoms with van der Waals surface area (Å²) >= 11 is 0. The maximum atomic E-state index is 5.38. The number of anilines is 1. The lowest BCUT2D eigenvalue weighted by molar-refractivity contribution is 0.326. The second-order valence-corrected chi connectivity index (χ2v) is 3.94. The van der Waals surface area contributed by atoms with Crippen LogP contribution in [0.15, 0.2) is 6.07 Å². The van der Waals surface area contributed by atoms with Gasteiger partial charge in [-0.05, 0) is 27.2 Å². The fourth-order valence-electron chi connectivity index (χ4n) is 1.55. The van der Waals surface area contributed by atoms with Crippen molar-refractivity contribution in [3.8, 4) is 5.88 Å². The van der Waals surface area contributed by atoms with Crippen molar-refractivity contribution in [1.82, 2.24) is 9.97 Å². The van der Waals surface area contributed by atoms with Crippen LogP contribution in [-0.4, -0.2) is 22.6 Å². The quantitative estimate of drug-likeness (QED) is 0.805. The maximum absolute atomic E-state index is 5.38. The van der Waals surface area contributed by atoms with E-state index in [0.717, 1.165) is 18.5 Å². The molecule has 1 heterocycles. The van der Waals surface area contributed by atoms with Gasteiger partial charge in [0.1, 0.15) is 0 Å². The van der Waals surface area contributed by atoms with E-state index < -0.39 is 0 Å². The Morgan fingerprint density at radius 3 is 2.75 bits per heavy atom. The summed E-state index contributed by atoms with van der Waals surface area (Å²) in [7, 11) is 0. The predicted octanol–water partition coefficient (Wildman–Crippen LogP) is 2.78. The van der Waals surface area contributed by atoms with Crippen molar-refractivity contribution in [2.24, 2.45) is 0 Å². The average molecular weight is 223 g/mol. The van der Waals surface area contributed by atoms with E-state index in [2.05, 4.69) is 29.1 Å². The van der Waals surface area contributed by atoms with E-state index in [1.807, 2.05) is 19.9 Å². The summed E-state index contributed by atoms with van der Waals surface area (Å²) in [6, 6.07) is 2.24. The van der Waals surface area contributed by atoms with E-state index in [4.69, 9.17) is 4.74 Å². The third-order valence-corrected chi connectivity index (χ3v) is 2.22. The minimum absolute atomic E-state index is 0.390. The number of nitrogens with one attached hydrogen (secondary N) is 1. The van der Waals surface area contributed by atoms with Crippen molar-refractivity contribution >= 4 is 5.95 Å². The van der Waals surface area contributed by atoms with E-state index in [1.54, 1.807) is 0 Å². The van der Waals surface area contributed by atoms with Gasteiger partial charge in [-0.2, -0.15) is 4.98 Å². The smallest absolute Gasteiger partial charge is 0.226 e. The molecule has 1 atom stereocenters. The number of aryl methyl sites for hydroxylation is 1. The first-order valence-electron chi connectivity index (χ1n) is 5.90. The molecule has 0 radical (unpaired) electrons. The molecule has 0 aliphatic heterocycles. The van der Waals surface area contributed by atoms with Crippen molar-refractivity contribution in [3.63, 3.8) is 0 Å². The molecule has 0 aliphatic rings. The molecule has 0 saturated heterocycles. The molecule has 16 heavy (non-hydrogen) atoms. The summed E-state index contributed by atoms with van der Waals surface area (Å²) in [4.78, 5) is 8.64. The van der Waals surface area contributed by atoms with Gasteiger partial charge in [-0.3, -0.25) is 0 Å². The minimum Gasteiger partial charge on any atom is -0.478 e. The van der Waals surface area contributed by atoms with Gasteiger partial charge in [-0.25, -0.2) is 4.98 Å². The highest BCUT2D eigenvalue weighted by atomic mass is 16.5. The Morgan fingerprint density at radius 1 is 1.38 bits per heavy atom. The fraction of sp³-hybridized carbons (Fsp3) is 0.667. The Morgan fingerprint density at radius 2 is 2.12 bits per heavy atom. The van der Waals surface area contributed by atoms with Crippen LogP contribution in [0.3, 0.4) is 0 Å². The van der Waals surface area contributed by atoms with Gasteiger partial charge < -0.3 is 10.1 Å². The largest absolute Gasteiger partial charge is 0.478 e. The summed E-state index contributed by atoms with van der Waals surface area (Å²) in [6.07, 6.45) is 2.26. The molecule has 1 N–H and O–H groups in total. The van der Waals surface area contributed by atoms with Crippen LogP contribution in [-0.2, 0) is 0 Å². The topological polar surface area (TPSA) is 47.0 Å². The Kier molecular flexibility index (Phi) is 5.02. The van der Waals surface area contributed by atoms with Gasteiger partial charge in [-0.1, -0.05) is 13.3 Å². The molecule has 0 aliphatic carbocycles. The number of rotatable bonds is 6. The molecular formula is C12H21N3O. The molecule has 0 aromatic carbocycles. The SMILES string of the molecule is CCCC(C)Nc1nc(C)cc(OCC)n1. The molecule has 4 heteroatoms. The van der Waals surface area contributed by atoms with Crippen LogP contribution < -0.4 is 10.1 Å². The molecule has 4 nitrogen and oxygen atoms in total. The van der Waals surface area contributed by atoms with Crippen LogP contribution in [0.25, 0.3) is 0 Å².